The predicted molar refractivity (Wildman–Crippen MR) is 59.7 cm³/mol. The average molecular weight is 264 g/mol. The zero-order valence-corrected chi connectivity index (χ0v) is 9.46. The summed E-state index contributed by atoms with van der Waals surface area (Å²) in [6, 6.07) is 7.07. The normalized spacial score (nSPS) is 12.2. The molecule has 96 valence electrons. The van der Waals surface area contributed by atoms with Crippen LogP contribution in [0.1, 0.15) is 5.69 Å². The highest BCUT2D eigenvalue weighted by Gasteiger charge is 2.32. The van der Waals surface area contributed by atoms with Gasteiger partial charge < -0.3 is 0 Å². The van der Waals surface area contributed by atoms with Crippen molar-refractivity contribution in [3.05, 3.63) is 53.9 Å². The Morgan fingerprint density at radius 3 is 2.58 bits per heavy atom. The molecule has 0 aliphatic heterocycles. The second-order valence-corrected chi connectivity index (χ2v) is 3.54. The highest BCUT2D eigenvalue weighted by atomic mass is 19.4. The summed E-state index contributed by atoms with van der Waals surface area (Å²) in [5, 5.41) is 8.55. The van der Waals surface area contributed by atoms with E-state index in [-0.39, 0.29) is 0 Å². The minimum Gasteiger partial charge on any atom is -0.300 e. The molecule has 0 saturated carbocycles. The van der Waals surface area contributed by atoms with Crippen molar-refractivity contribution in [2.45, 2.75) is 6.18 Å². The standard InChI is InChI=1S/C12H7F3N4/c13-12(14,15)10-5-4-9(7-17-10)19-6-2-1-3-11(19)18-8-16/h1-7H. The highest BCUT2D eigenvalue weighted by molar-refractivity contribution is 5.30. The fourth-order valence-electron chi connectivity index (χ4n) is 1.49. The number of halogens is 3. The van der Waals surface area contributed by atoms with Crippen LogP contribution in [0.5, 0.6) is 0 Å². The van der Waals surface area contributed by atoms with Crippen molar-refractivity contribution in [3.63, 3.8) is 0 Å². The van der Waals surface area contributed by atoms with Crippen LogP contribution < -0.4 is 5.49 Å². The van der Waals surface area contributed by atoms with Crippen molar-refractivity contribution in [2.24, 2.45) is 4.99 Å². The van der Waals surface area contributed by atoms with Crippen LogP contribution in [0.3, 0.4) is 0 Å². The Hall–Kier alpha value is -2.62. The fraction of sp³-hybridized carbons (Fsp3) is 0.0833. The molecule has 2 heterocycles. The smallest absolute Gasteiger partial charge is 0.300 e. The maximum Gasteiger partial charge on any atom is 0.433 e. The monoisotopic (exact) mass is 264 g/mol. The summed E-state index contributed by atoms with van der Waals surface area (Å²) >= 11 is 0. The molecule has 0 aliphatic carbocycles. The van der Waals surface area contributed by atoms with Gasteiger partial charge in [-0.1, -0.05) is 6.07 Å². The first-order valence-electron chi connectivity index (χ1n) is 5.16. The van der Waals surface area contributed by atoms with E-state index >= 15 is 0 Å². The summed E-state index contributed by atoms with van der Waals surface area (Å²) in [7, 11) is 0. The van der Waals surface area contributed by atoms with Gasteiger partial charge in [-0.25, -0.2) is 4.98 Å². The van der Waals surface area contributed by atoms with Gasteiger partial charge in [0.15, 0.2) is 0 Å². The average Bonchev–Trinajstić information content (AvgIpc) is 2.39. The van der Waals surface area contributed by atoms with E-state index in [9.17, 15) is 13.2 Å². The third-order valence-electron chi connectivity index (χ3n) is 2.32. The molecule has 0 aliphatic rings. The molecule has 2 aromatic heterocycles. The first kappa shape index (κ1) is 12.8. The summed E-state index contributed by atoms with van der Waals surface area (Å²) in [5.41, 5.74) is -0.263. The lowest BCUT2D eigenvalue weighted by Crippen LogP contribution is -2.18. The van der Waals surface area contributed by atoms with E-state index in [0.29, 0.717) is 11.2 Å². The van der Waals surface area contributed by atoms with Crippen molar-refractivity contribution in [1.82, 2.24) is 9.55 Å². The number of hydrogen-bond donors (Lipinski definition) is 0. The fourth-order valence-corrected chi connectivity index (χ4v) is 1.49. The van der Waals surface area contributed by atoms with Crippen molar-refractivity contribution >= 4 is 0 Å². The van der Waals surface area contributed by atoms with Crippen LogP contribution in [-0.2, 0) is 6.18 Å². The molecule has 0 N–H and O–H groups in total. The van der Waals surface area contributed by atoms with Crippen LogP contribution >= 0.6 is 0 Å². The first-order valence-corrected chi connectivity index (χ1v) is 5.16. The summed E-state index contributed by atoms with van der Waals surface area (Å²) in [5.74, 6) is 0. The van der Waals surface area contributed by atoms with Gasteiger partial charge in [0.05, 0.1) is 11.9 Å². The Balaban J connectivity index is 2.50. The van der Waals surface area contributed by atoms with Gasteiger partial charge in [0.2, 0.25) is 6.19 Å². The van der Waals surface area contributed by atoms with Crippen LogP contribution in [0.4, 0.5) is 13.2 Å². The molecule has 19 heavy (non-hydrogen) atoms. The maximum atomic E-state index is 12.4. The molecule has 0 fully saturated rings. The maximum absolute atomic E-state index is 12.4. The molecule has 0 aromatic carbocycles. The topological polar surface area (TPSA) is 54.0 Å². The SMILES string of the molecule is N#CN=c1ccccn1-c1ccc(C(F)(F)F)nc1. The third kappa shape index (κ3) is 2.80. The largest absolute Gasteiger partial charge is 0.433 e. The molecule has 0 atom stereocenters. The number of pyridine rings is 2. The van der Waals surface area contributed by atoms with Gasteiger partial charge in [-0.15, -0.1) is 0 Å². The number of alkyl halides is 3. The number of nitrogens with zero attached hydrogens (tertiary/aromatic N) is 4. The molecule has 0 unspecified atom stereocenters. The zero-order chi connectivity index (χ0) is 13.9. The van der Waals surface area contributed by atoms with E-state index < -0.39 is 11.9 Å². The Labute approximate surface area is 106 Å². The van der Waals surface area contributed by atoms with Gasteiger partial charge in [0, 0.05) is 6.20 Å². The Kier molecular flexibility index (Phi) is 3.33. The van der Waals surface area contributed by atoms with Crippen LogP contribution in [0.2, 0.25) is 0 Å². The summed E-state index contributed by atoms with van der Waals surface area (Å²) in [6.45, 7) is 0. The number of aromatic nitrogens is 2. The van der Waals surface area contributed by atoms with Crippen molar-refractivity contribution in [3.8, 4) is 11.9 Å². The molecule has 0 spiro atoms. The Bertz CT molecular complexity index is 678. The summed E-state index contributed by atoms with van der Waals surface area (Å²) in [6.07, 6.45) is -0.173. The molecular weight excluding hydrogens is 257 g/mol. The molecule has 0 amide bonds. The number of hydrogen-bond acceptors (Lipinski definition) is 3. The van der Waals surface area contributed by atoms with Crippen molar-refractivity contribution in [1.29, 1.82) is 5.26 Å². The number of nitriles is 1. The van der Waals surface area contributed by atoms with E-state index in [1.54, 1.807) is 30.6 Å². The van der Waals surface area contributed by atoms with Crippen molar-refractivity contribution in [2.75, 3.05) is 0 Å². The quantitative estimate of drug-likeness (QED) is 0.742. The first-order chi connectivity index (χ1) is 9.02. The van der Waals surface area contributed by atoms with E-state index in [2.05, 4.69) is 9.98 Å². The lowest BCUT2D eigenvalue weighted by molar-refractivity contribution is -0.141. The van der Waals surface area contributed by atoms with Gasteiger partial charge in [-0.05, 0) is 24.3 Å². The molecule has 4 nitrogen and oxygen atoms in total. The molecule has 0 radical (unpaired) electrons. The van der Waals surface area contributed by atoms with Gasteiger partial charge in [0.25, 0.3) is 0 Å². The van der Waals surface area contributed by atoms with Gasteiger partial charge in [0.1, 0.15) is 11.2 Å². The van der Waals surface area contributed by atoms with Gasteiger partial charge in [-0.2, -0.15) is 23.4 Å². The third-order valence-corrected chi connectivity index (χ3v) is 2.32. The molecule has 2 aromatic rings. The van der Waals surface area contributed by atoms with Crippen LogP contribution in [0.25, 0.3) is 5.69 Å². The summed E-state index contributed by atoms with van der Waals surface area (Å²) in [4.78, 5) is 6.93. The van der Waals surface area contributed by atoms with Gasteiger partial charge >= 0.3 is 6.18 Å². The van der Waals surface area contributed by atoms with E-state index in [4.69, 9.17) is 5.26 Å². The van der Waals surface area contributed by atoms with E-state index in [1.165, 1.54) is 10.6 Å². The summed E-state index contributed by atoms with van der Waals surface area (Å²) < 4.78 is 38.6. The van der Waals surface area contributed by atoms with Crippen LogP contribution in [0, 0.1) is 11.5 Å². The second kappa shape index (κ2) is 4.94. The van der Waals surface area contributed by atoms with Gasteiger partial charge in [-0.3, -0.25) is 4.57 Å². The minimum atomic E-state index is -4.47. The van der Waals surface area contributed by atoms with E-state index in [0.717, 1.165) is 12.3 Å². The Morgan fingerprint density at radius 1 is 1.21 bits per heavy atom. The van der Waals surface area contributed by atoms with Crippen LogP contribution in [-0.4, -0.2) is 9.55 Å². The van der Waals surface area contributed by atoms with Crippen molar-refractivity contribution < 1.29 is 13.2 Å². The van der Waals surface area contributed by atoms with E-state index in [1.807, 2.05) is 0 Å². The zero-order valence-electron chi connectivity index (χ0n) is 9.46. The minimum absolute atomic E-state index is 0.312. The molecule has 0 bridgehead atoms. The second-order valence-electron chi connectivity index (χ2n) is 3.54. The van der Waals surface area contributed by atoms with Crippen LogP contribution in [0.15, 0.2) is 47.7 Å². The lowest BCUT2D eigenvalue weighted by atomic mass is 10.3. The molecule has 0 saturated heterocycles. The molecular formula is C12H7F3N4. The Morgan fingerprint density at radius 2 is 2.00 bits per heavy atom. The number of rotatable bonds is 1. The lowest BCUT2D eigenvalue weighted by Gasteiger charge is -2.08. The molecule has 7 heteroatoms. The highest BCUT2D eigenvalue weighted by Crippen LogP contribution is 2.27. The predicted octanol–water partition coefficient (Wildman–Crippen LogP) is 2.27. The molecule has 2 rings (SSSR count).